The number of amides is 2. The molecule has 178 valence electrons. The predicted octanol–water partition coefficient (Wildman–Crippen LogP) is 2.87. The fourth-order valence-electron chi connectivity index (χ4n) is 2.90. The minimum Gasteiger partial charge on any atom is -0.484 e. The molecule has 0 unspecified atom stereocenters. The first-order valence-corrected chi connectivity index (χ1v) is 10.5. The van der Waals surface area contributed by atoms with Crippen LogP contribution in [0.25, 0.3) is 11.4 Å². The van der Waals surface area contributed by atoms with E-state index in [1.165, 1.54) is 23.8 Å². The van der Waals surface area contributed by atoms with E-state index >= 15 is 0 Å². The molecule has 0 aliphatic heterocycles. The third kappa shape index (κ3) is 6.61. The standard InChI is InChI=1S/C23H25N5O6/c1-23(2,3)16-7-9-18(10-8-16)33-14-19(29)24-11-12-25-21(30)22-26-20(27-34-22)15-5-4-6-17(13-15)28(31)32/h4-10,13H,11-12,14H2,1-3H3,(H,24,29)(H,25,30). The number of hydrogen-bond acceptors (Lipinski definition) is 8. The molecule has 1 heterocycles. The summed E-state index contributed by atoms with van der Waals surface area (Å²) in [7, 11) is 0. The molecule has 0 bridgehead atoms. The molecule has 3 aromatic rings. The zero-order chi connectivity index (χ0) is 24.7. The van der Waals surface area contributed by atoms with Crippen molar-refractivity contribution in [2.75, 3.05) is 19.7 Å². The molecule has 2 amide bonds. The van der Waals surface area contributed by atoms with Gasteiger partial charge in [0.15, 0.2) is 6.61 Å². The van der Waals surface area contributed by atoms with Gasteiger partial charge in [-0.2, -0.15) is 4.98 Å². The van der Waals surface area contributed by atoms with E-state index in [1.54, 1.807) is 6.07 Å². The Labute approximate surface area is 195 Å². The molecule has 2 aromatic carbocycles. The summed E-state index contributed by atoms with van der Waals surface area (Å²) in [5.74, 6) is -0.620. The topological polar surface area (TPSA) is 149 Å². The zero-order valence-electron chi connectivity index (χ0n) is 19.0. The van der Waals surface area contributed by atoms with Crippen LogP contribution in [0.3, 0.4) is 0 Å². The highest BCUT2D eigenvalue weighted by atomic mass is 16.6. The number of nitrogens with one attached hydrogen (secondary N) is 2. The normalized spacial score (nSPS) is 11.0. The van der Waals surface area contributed by atoms with Gasteiger partial charge in [0.25, 0.3) is 11.6 Å². The van der Waals surface area contributed by atoms with Crippen molar-refractivity contribution in [3.63, 3.8) is 0 Å². The molecule has 1 aromatic heterocycles. The summed E-state index contributed by atoms with van der Waals surface area (Å²) in [5.41, 5.74) is 1.41. The monoisotopic (exact) mass is 467 g/mol. The van der Waals surface area contributed by atoms with E-state index < -0.39 is 10.8 Å². The molecule has 0 spiro atoms. The highest BCUT2D eigenvalue weighted by molar-refractivity contribution is 5.90. The number of nitro groups is 1. The fraction of sp³-hybridized carbons (Fsp3) is 0.304. The second kappa shape index (κ2) is 10.6. The molecular formula is C23H25N5O6. The first-order chi connectivity index (χ1) is 16.1. The lowest BCUT2D eigenvalue weighted by molar-refractivity contribution is -0.384. The van der Waals surface area contributed by atoms with Gasteiger partial charge in [-0.05, 0) is 23.1 Å². The number of carbonyl (C=O) groups is 2. The summed E-state index contributed by atoms with van der Waals surface area (Å²) in [6.45, 7) is 6.48. The molecule has 11 nitrogen and oxygen atoms in total. The molecular weight excluding hydrogens is 442 g/mol. The van der Waals surface area contributed by atoms with Crippen LogP contribution < -0.4 is 15.4 Å². The molecule has 0 saturated heterocycles. The number of non-ortho nitro benzene ring substituents is 1. The Balaban J connectivity index is 1.40. The highest BCUT2D eigenvalue weighted by Gasteiger charge is 2.17. The Morgan fingerprint density at radius 2 is 1.79 bits per heavy atom. The highest BCUT2D eigenvalue weighted by Crippen LogP contribution is 2.24. The van der Waals surface area contributed by atoms with Gasteiger partial charge in [-0.1, -0.05) is 50.2 Å². The van der Waals surface area contributed by atoms with Crippen molar-refractivity contribution in [2.24, 2.45) is 0 Å². The third-order valence-electron chi connectivity index (χ3n) is 4.76. The van der Waals surface area contributed by atoms with E-state index in [0.717, 1.165) is 0 Å². The zero-order valence-corrected chi connectivity index (χ0v) is 19.0. The minimum atomic E-state index is -0.631. The van der Waals surface area contributed by atoms with Crippen LogP contribution >= 0.6 is 0 Å². The van der Waals surface area contributed by atoms with E-state index in [0.29, 0.717) is 11.3 Å². The van der Waals surface area contributed by atoms with Crippen molar-refractivity contribution in [1.29, 1.82) is 0 Å². The van der Waals surface area contributed by atoms with Crippen LogP contribution in [0.5, 0.6) is 5.75 Å². The number of nitrogens with zero attached hydrogens (tertiary/aromatic N) is 3. The number of ether oxygens (including phenoxy) is 1. The summed E-state index contributed by atoms with van der Waals surface area (Å²) in [6.07, 6.45) is 0. The molecule has 0 atom stereocenters. The van der Waals surface area contributed by atoms with Crippen LogP contribution in [0.4, 0.5) is 5.69 Å². The summed E-state index contributed by atoms with van der Waals surface area (Å²) < 4.78 is 10.4. The first kappa shape index (κ1) is 24.4. The molecule has 2 N–H and O–H groups in total. The average Bonchev–Trinajstić information content (AvgIpc) is 3.31. The van der Waals surface area contributed by atoms with E-state index in [9.17, 15) is 19.7 Å². The maximum atomic E-state index is 12.2. The lowest BCUT2D eigenvalue weighted by atomic mass is 9.87. The van der Waals surface area contributed by atoms with Gasteiger partial charge < -0.3 is 19.9 Å². The van der Waals surface area contributed by atoms with Crippen molar-refractivity contribution in [2.45, 2.75) is 26.2 Å². The summed E-state index contributed by atoms with van der Waals surface area (Å²) in [6, 6.07) is 13.2. The van der Waals surface area contributed by atoms with Crippen molar-refractivity contribution >= 4 is 17.5 Å². The lowest BCUT2D eigenvalue weighted by Crippen LogP contribution is -2.36. The summed E-state index contributed by atoms with van der Waals surface area (Å²) in [5, 5.41) is 19.7. The number of carbonyl (C=O) groups excluding carboxylic acids is 2. The Hall–Kier alpha value is -4.28. The van der Waals surface area contributed by atoms with Gasteiger partial charge in [-0.15, -0.1) is 0 Å². The average molecular weight is 467 g/mol. The van der Waals surface area contributed by atoms with Gasteiger partial charge in [0.05, 0.1) is 4.92 Å². The molecule has 11 heteroatoms. The Bertz CT molecular complexity index is 1170. The van der Waals surface area contributed by atoms with E-state index in [-0.39, 0.29) is 48.4 Å². The van der Waals surface area contributed by atoms with Crippen LogP contribution in [0.1, 0.15) is 37.0 Å². The summed E-state index contributed by atoms with van der Waals surface area (Å²) in [4.78, 5) is 38.4. The van der Waals surface area contributed by atoms with Gasteiger partial charge >= 0.3 is 11.8 Å². The largest absolute Gasteiger partial charge is 0.484 e. The summed E-state index contributed by atoms with van der Waals surface area (Å²) >= 11 is 0. The number of rotatable bonds is 9. The van der Waals surface area contributed by atoms with Gasteiger partial charge in [-0.25, -0.2) is 0 Å². The van der Waals surface area contributed by atoms with Crippen molar-refractivity contribution in [3.8, 4) is 17.1 Å². The van der Waals surface area contributed by atoms with Crippen molar-refractivity contribution < 1.29 is 23.8 Å². The second-order valence-corrected chi connectivity index (χ2v) is 8.40. The van der Waals surface area contributed by atoms with Crippen LogP contribution in [-0.4, -0.2) is 46.6 Å². The van der Waals surface area contributed by atoms with Gasteiger partial charge in [0.2, 0.25) is 5.82 Å². The Morgan fingerprint density at radius 3 is 2.47 bits per heavy atom. The van der Waals surface area contributed by atoms with Crippen LogP contribution in [-0.2, 0) is 10.2 Å². The molecule has 0 fully saturated rings. The predicted molar refractivity (Wildman–Crippen MR) is 122 cm³/mol. The third-order valence-corrected chi connectivity index (χ3v) is 4.76. The molecule has 34 heavy (non-hydrogen) atoms. The molecule has 0 radical (unpaired) electrons. The minimum absolute atomic E-state index is 0.0332. The lowest BCUT2D eigenvalue weighted by Gasteiger charge is -2.19. The fourth-order valence-corrected chi connectivity index (χ4v) is 2.90. The number of benzene rings is 2. The quantitative estimate of drug-likeness (QED) is 0.277. The Morgan fingerprint density at radius 1 is 1.09 bits per heavy atom. The van der Waals surface area contributed by atoms with Gasteiger partial charge in [-0.3, -0.25) is 19.7 Å². The smallest absolute Gasteiger partial charge is 0.316 e. The molecule has 3 rings (SSSR count). The molecule has 0 saturated carbocycles. The van der Waals surface area contributed by atoms with Crippen molar-refractivity contribution in [1.82, 2.24) is 20.8 Å². The number of hydrogen-bond donors (Lipinski definition) is 2. The molecule has 0 aliphatic rings. The van der Waals surface area contributed by atoms with Crippen LogP contribution in [0.2, 0.25) is 0 Å². The number of nitro benzene ring substituents is 1. The second-order valence-electron chi connectivity index (χ2n) is 8.40. The Kier molecular flexibility index (Phi) is 7.57. The van der Waals surface area contributed by atoms with Gasteiger partial charge in [0, 0.05) is 30.8 Å². The van der Waals surface area contributed by atoms with Gasteiger partial charge in [0.1, 0.15) is 5.75 Å². The SMILES string of the molecule is CC(C)(C)c1ccc(OCC(=O)NCCNC(=O)c2nc(-c3cccc([N+](=O)[O-])c3)no2)cc1. The maximum Gasteiger partial charge on any atom is 0.316 e. The van der Waals surface area contributed by atoms with Crippen LogP contribution in [0, 0.1) is 10.1 Å². The molecule has 0 aliphatic carbocycles. The van der Waals surface area contributed by atoms with E-state index in [2.05, 4.69) is 41.5 Å². The maximum absolute atomic E-state index is 12.2. The van der Waals surface area contributed by atoms with E-state index in [1.807, 2.05) is 24.3 Å². The van der Waals surface area contributed by atoms with Crippen LogP contribution in [0.15, 0.2) is 53.1 Å². The first-order valence-electron chi connectivity index (χ1n) is 10.5. The number of aromatic nitrogens is 2. The van der Waals surface area contributed by atoms with Crippen molar-refractivity contribution in [3.05, 3.63) is 70.1 Å². The van der Waals surface area contributed by atoms with E-state index in [4.69, 9.17) is 9.26 Å².